The standard InChI is InChI=1S/C13H12Br2F2N2O3/c1-12(2,3)22-11(20)19-8-4-5-9(21-13(15,16)17)10(14)7(8)6-18-19/h4-6H,1-3H3. The molecule has 0 aliphatic rings. The maximum atomic E-state index is 12.9. The van der Waals surface area contributed by atoms with Crippen molar-refractivity contribution in [3.8, 4) is 5.75 Å². The van der Waals surface area contributed by atoms with E-state index in [1.54, 1.807) is 20.8 Å². The molecule has 2 rings (SSSR count). The molecule has 2 aromatic rings. The summed E-state index contributed by atoms with van der Waals surface area (Å²) < 4.78 is 36.8. The minimum Gasteiger partial charge on any atom is -0.442 e. The van der Waals surface area contributed by atoms with Gasteiger partial charge in [-0.3, -0.25) is 0 Å². The van der Waals surface area contributed by atoms with E-state index < -0.39 is 16.7 Å². The number of halogens is 4. The van der Waals surface area contributed by atoms with Gasteiger partial charge in [0.25, 0.3) is 0 Å². The topological polar surface area (TPSA) is 53.4 Å². The summed E-state index contributed by atoms with van der Waals surface area (Å²) in [4.78, 5) is 12.1. The van der Waals surface area contributed by atoms with Crippen molar-refractivity contribution in [2.45, 2.75) is 31.4 Å². The normalized spacial score (nSPS) is 12.5. The summed E-state index contributed by atoms with van der Waals surface area (Å²) in [5, 5.41) is 0.884. The van der Waals surface area contributed by atoms with E-state index >= 15 is 0 Å². The van der Waals surface area contributed by atoms with Crippen LogP contribution in [-0.2, 0) is 4.74 Å². The Morgan fingerprint density at radius 1 is 1.32 bits per heavy atom. The Morgan fingerprint density at radius 2 is 1.95 bits per heavy atom. The first-order chi connectivity index (χ1) is 9.98. The van der Waals surface area contributed by atoms with Gasteiger partial charge in [-0.1, -0.05) is 0 Å². The van der Waals surface area contributed by atoms with Crippen molar-refractivity contribution in [1.29, 1.82) is 0 Å². The third-order valence-corrected chi connectivity index (χ3v) is 3.42. The lowest BCUT2D eigenvalue weighted by Gasteiger charge is -2.19. The van der Waals surface area contributed by atoms with E-state index in [0.29, 0.717) is 10.9 Å². The Hall–Kier alpha value is -1.22. The predicted octanol–water partition coefficient (Wildman–Crippen LogP) is 4.91. The van der Waals surface area contributed by atoms with Crippen molar-refractivity contribution in [1.82, 2.24) is 9.78 Å². The molecule has 0 saturated heterocycles. The molecule has 0 saturated carbocycles. The molecule has 0 spiro atoms. The fourth-order valence-electron chi connectivity index (χ4n) is 1.70. The summed E-state index contributed by atoms with van der Waals surface area (Å²) in [5.41, 5.74) is -0.264. The van der Waals surface area contributed by atoms with Crippen molar-refractivity contribution >= 4 is 48.9 Å². The highest BCUT2D eigenvalue weighted by atomic mass is 79.9. The van der Waals surface area contributed by atoms with Gasteiger partial charge in [-0.15, -0.1) is 0 Å². The number of ether oxygens (including phenoxy) is 2. The van der Waals surface area contributed by atoms with Gasteiger partial charge >= 0.3 is 11.1 Å². The van der Waals surface area contributed by atoms with Gasteiger partial charge in [-0.05, 0) is 48.8 Å². The van der Waals surface area contributed by atoms with Crippen LogP contribution in [0.4, 0.5) is 13.6 Å². The molecule has 120 valence electrons. The van der Waals surface area contributed by atoms with E-state index in [2.05, 4.69) is 41.7 Å². The molecule has 0 fully saturated rings. The molecule has 0 aliphatic carbocycles. The zero-order valence-electron chi connectivity index (χ0n) is 11.9. The summed E-state index contributed by atoms with van der Waals surface area (Å²) in [7, 11) is 0. The molecule has 0 N–H and O–H groups in total. The van der Waals surface area contributed by atoms with E-state index in [-0.39, 0.29) is 10.2 Å². The number of alkyl halides is 3. The fraction of sp³-hybridized carbons (Fsp3) is 0.385. The number of rotatable bonds is 2. The Kier molecular flexibility index (Phi) is 4.49. The van der Waals surface area contributed by atoms with Crippen LogP contribution < -0.4 is 4.74 Å². The number of carbonyl (C=O) groups is 1. The fourth-order valence-corrected chi connectivity index (χ4v) is 2.40. The molecule has 0 atom stereocenters. The number of hydrogen-bond acceptors (Lipinski definition) is 4. The van der Waals surface area contributed by atoms with Crippen LogP contribution in [0.2, 0.25) is 0 Å². The second-order valence-electron chi connectivity index (χ2n) is 5.39. The summed E-state index contributed by atoms with van der Waals surface area (Å²) in [6.07, 6.45) is 0.705. The van der Waals surface area contributed by atoms with E-state index in [1.165, 1.54) is 18.3 Å². The smallest absolute Gasteiger partial charge is 0.442 e. The van der Waals surface area contributed by atoms with Crippen LogP contribution >= 0.6 is 31.9 Å². The van der Waals surface area contributed by atoms with Crippen molar-refractivity contribution in [3.05, 3.63) is 22.8 Å². The lowest BCUT2D eigenvalue weighted by Crippen LogP contribution is -2.27. The highest BCUT2D eigenvalue weighted by Crippen LogP contribution is 2.37. The third-order valence-electron chi connectivity index (χ3n) is 2.44. The SMILES string of the molecule is CC(C)(C)OC(=O)n1ncc2c(Br)c(OC(F)(F)Br)ccc21. The van der Waals surface area contributed by atoms with E-state index in [1.807, 2.05) is 0 Å². The quantitative estimate of drug-likeness (QED) is 0.621. The molecule has 1 aromatic carbocycles. The van der Waals surface area contributed by atoms with Gasteiger partial charge in [0, 0.05) is 21.3 Å². The first-order valence-electron chi connectivity index (χ1n) is 6.13. The number of nitrogens with zero attached hydrogens (tertiary/aromatic N) is 2. The second kappa shape index (κ2) is 5.77. The van der Waals surface area contributed by atoms with Gasteiger partial charge in [0.2, 0.25) is 0 Å². The Labute approximate surface area is 141 Å². The van der Waals surface area contributed by atoms with E-state index in [9.17, 15) is 13.6 Å². The van der Waals surface area contributed by atoms with Gasteiger partial charge in [0.1, 0.15) is 11.4 Å². The number of aromatic nitrogens is 2. The van der Waals surface area contributed by atoms with Crippen LogP contribution in [0.3, 0.4) is 0 Å². The molecule has 0 bridgehead atoms. The minimum atomic E-state index is -3.50. The van der Waals surface area contributed by atoms with Crippen LogP contribution in [0, 0.1) is 0 Å². The lowest BCUT2D eigenvalue weighted by molar-refractivity contribution is -0.0806. The van der Waals surface area contributed by atoms with Gasteiger partial charge in [-0.2, -0.15) is 18.6 Å². The lowest BCUT2D eigenvalue weighted by atomic mass is 10.2. The van der Waals surface area contributed by atoms with Crippen molar-refractivity contribution in [3.63, 3.8) is 0 Å². The van der Waals surface area contributed by atoms with Gasteiger partial charge in [0.15, 0.2) is 0 Å². The van der Waals surface area contributed by atoms with Crippen LogP contribution in [-0.4, -0.2) is 26.5 Å². The molecule has 0 radical (unpaired) electrons. The number of hydrogen-bond donors (Lipinski definition) is 0. The van der Waals surface area contributed by atoms with Crippen molar-refractivity contribution in [2.75, 3.05) is 0 Å². The molecule has 5 nitrogen and oxygen atoms in total. The first-order valence-corrected chi connectivity index (χ1v) is 7.72. The third kappa shape index (κ3) is 3.95. The summed E-state index contributed by atoms with van der Waals surface area (Å²) in [5.74, 6) is -0.0851. The van der Waals surface area contributed by atoms with Crippen LogP contribution in [0.5, 0.6) is 5.75 Å². The van der Waals surface area contributed by atoms with Crippen LogP contribution in [0.25, 0.3) is 10.9 Å². The maximum absolute atomic E-state index is 12.9. The monoisotopic (exact) mass is 440 g/mol. The Balaban J connectivity index is 2.42. The van der Waals surface area contributed by atoms with Crippen LogP contribution in [0.1, 0.15) is 20.8 Å². The summed E-state index contributed by atoms with van der Waals surface area (Å²) in [6.45, 7) is 5.20. The first kappa shape index (κ1) is 17.1. The minimum absolute atomic E-state index is 0.0851. The molecule has 0 aliphatic heterocycles. The highest BCUT2D eigenvalue weighted by molar-refractivity contribution is 9.10. The molecule has 22 heavy (non-hydrogen) atoms. The molecule has 1 heterocycles. The van der Waals surface area contributed by atoms with E-state index in [4.69, 9.17) is 4.74 Å². The molecule has 1 aromatic heterocycles. The Bertz CT molecular complexity index is 720. The van der Waals surface area contributed by atoms with E-state index in [0.717, 1.165) is 4.68 Å². The summed E-state index contributed by atoms with van der Waals surface area (Å²) >= 11 is 5.28. The summed E-state index contributed by atoms with van der Waals surface area (Å²) in [6, 6.07) is 2.76. The number of carbonyl (C=O) groups excluding carboxylic acids is 1. The average Bonchev–Trinajstić information content (AvgIpc) is 2.73. The Morgan fingerprint density at radius 3 is 2.50 bits per heavy atom. The second-order valence-corrected chi connectivity index (χ2v) is 7.11. The molecular formula is C13H12Br2F2N2O3. The largest absolute Gasteiger partial charge is 0.459 e. The molecule has 0 amide bonds. The maximum Gasteiger partial charge on any atom is 0.459 e. The van der Waals surface area contributed by atoms with Crippen molar-refractivity contribution < 1.29 is 23.0 Å². The molecular weight excluding hydrogens is 430 g/mol. The molecule has 0 unspecified atom stereocenters. The van der Waals surface area contributed by atoms with Gasteiger partial charge < -0.3 is 9.47 Å². The zero-order valence-corrected chi connectivity index (χ0v) is 15.0. The average molecular weight is 442 g/mol. The van der Waals surface area contributed by atoms with Gasteiger partial charge in [0.05, 0.1) is 16.2 Å². The van der Waals surface area contributed by atoms with Gasteiger partial charge in [-0.25, -0.2) is 4.79 Å². The number of fused-ring (bicyclic) bond motifs is 1. The zero-order chi connectivity index (χ0) is 16.7. The predicted molar refractivity (Wildman–Crippen MR) is 83.6 cm³/mol. The highest BCUT2D eigenvalue weighted by Gasteiger charge is 2.28. The molecule has 9 heteroatoms. The van der Waals surface area contributed by atoms with Crippen LogP contribution in [0.15, 0.2) is 22.8 Å². The number of benzene rings is 1. The van der Waals surface area contributed by atoms with Crippen molar-refractivity contribution in [2.24, 2.45) is 0 Å².